The molecule has 6 heteroatoms. The Morgan fingerprint density at radius 1 is 1.27 bits per heavy atom. The van der Waals surface area contributed by atoms with Gasteiger partial charge in [0.25, 0.3) is 0 Å². The Morgan fingerprint density at radius 3 is 2.69 bits per heavy atom. The predicted octanol–water partition coefficient (Wildman–Crippen LogP) is 3.35. The molecule has 1 aliphatic heterocycles. The van der Waals surface area contributed by atoms with Gasteiger partial charge < -0.3 is 4.90 Å². The molecular formula is C20H28N2O3S. The van der Waals surface area contributed by atoms with Crippen LogP contribution in [-0.2, 0) is 21.2 Å². The standard InChI is InChI=1S/C20H28N2O3S/c1-3-21(4-2)26(24,25)18-11-12-19-17(15-18)10-7-13-22(19)20(23)14-16-8-5-6-9-16/h5,8,11-12,15-16H,3-4,6-7,9-10,13-14H2,1-2H3. The highest BCUT2D eigenvalue weighted by Crippen LogP contribution is 2.32. The summed E-state index contributed by atoms with van der Waals surface area (Å²) in [5, 5.41) is 0. The number of hydrogen-bond acceptors (Lipinski definition) is 3. The van der Waals surface area contributed by atoms with Crippen LogP contribution < -0.4 is 4.90 Å². The fraction of sp³-hybridized carbons (Fsp3) is 0.550. The van der Waals surface area contributed by atoms with Crippen LogP contribution in [0.3, 0.4) is 0 Å². The molecule has 142 valence electrons. The summed E-state index contributed by atoms with van der Waals surface area (Å²) in [6.07, 6.45) is 8.61. The van der Waals surface area contributed by atoms with Gasteiger partial charge >= 0.3 is 0 Å². The van der Waals surface area contributed by atoms with Gasteiger partial charge in [0, 0.05) is 31.7 Å². The molecule has 0 saturated heterocycles. The van der Waals surface area contributed by atoms with E-state index in [4.69, 9.17) is 0 Å². The van der Waals surface area contributed by atoms with Crippen LogP contribution in [0, 0.1) is 5.92 Å². The summed E-state index contributed by atoms with van der Waals surface area (Å²) in [5.41, 5.74) is 1.83. The largest absolute Gasteiger partial charge is 0.312 e. The summed E-state index contributed by atoms with van der Waals surface area (Å²) in [5.74, 6) is 0.483. The van der Waals surface area contributed by atoms with Gasteiger partial charge in [-0.25, -0.2) is 8.42 Å². The van der Waals surface area contributed by atoms with E-state index in [0.29, 0.717) is 36.9 Å². The quantitative estimate of drug-likeness (QED) is 0.716. The number of sulfonamides is 1. The lowest BCUT2D eigenvalue weighted by atomic mass is 9.99. The average Bonchev–Trinajstić information content (AvgIpc) is 3.14. The van der Waals surface area contributed by atoms with E-state index in [9.17, 15) is 13.2 Å². The van der Waals surface area contributed by atoms with Crippen molar-refractivity contribution in [3.05, 3.63) is 35.9 Å². The number of nitrogens with zero attached hydrogens (tertiary/aromatic N) is 2. The highest BCUT2D eigenvalue weighted by Gasteiger charge is 2.28. The summed E-state index contributed by atoms with van der Waals surface area (Å²) in [4.78, 5) is 14.9. The van der Waals surface area contributed by atoms with Crippen LogP contribution in [0.2, 0.25) is 0 Å². The number of carbonyl (C=O) groups excluding carboxylic acids is 1. The molecule has 1 heterocycles. The summed E-state index contributed by atoms with van der Waals surface area (Å²) >= 11 is 0. The number of benzene rings is 1. The number of carbonyl (C=O) groups is 1. The van der Waals surface area contributed by atoms with Crippen molar-refractivity contribution in [2.45, 2.75) is 50.8 Å². The molecule has 5 nitrogen and oxygen atoms in total. The van der Waals surface area contributed by atoms with E-state index >= 15 is 0 Å². The highest BCUT2D eigenvalue weighted by atomic mass is 32.2. The third-order valence-electron chi connectivity index (χ3n) is 5.36. The number of hydrogen-bond donors (Lipinski definition) is 0. The van der Waals surface area contributed by atoms with Gasteiger partial charge in [-0.3, -0.25) is 4.79 Å². The van der Waals surface area contributed by atoms with E-state index < -0.39 is 10.0 Å². The Morgan fingerprint density at radius 2 is 2.04 bits per heavy atom. The Bertz CT molecular complexity index is 797. The predicted molar refractivity (Wildman–Crippen MR) is 104 cm³/mol. The molecule has 2 aliphatic rings. The van der Waals surface area contributed by atoms with Gasteiger partial charge in [0.1, 0.15) is 0 Å². The minimum Gasteiger partial charge on any atom is -0.312 e. The number of rotatable bonds is 6. The van der Waals surface area contributed by atoms with E-state index in [2.05, 4.69) is 12.2 Å². The van der Waals surface area contributed by atoms with Crippen LogP contribution >= 0.6 is 0 Å². The second-order valence-electron chi connectivity index (χ2n) is 7.00. The van der Waals surface area contributed by atoms with Crippen molar-refractivity contribution in [2.24, 2.45) is 5.92 Å². The van der Waals surface area contributed by atoms with Crippen LogP contribution in [0.4, 0.5) is 5.69 Å². The SMILES string of the molecule is CCN(CC)S(=O)(=O)c1ccc2c(c1)CCCN2C(=O)CC1C=CCC1. The first-order chi connectivity index (χ1) is 12.5. The van der Waals surface area contributed by atoms with Crippen molar-refractivity contribution in [3.8, 4) is 0 Å². The molecule has 0 radical (unpaired) electrons. The number of aryl methyl sites for hydroxylation is 1. The van der Waals surface area contributed by atoms with Crippen molar-refractivity contribution >= 4 is 21.6 Å². The molecule has 26 heavy (non-hydrogen) atoms. The molecule has 0 bridgehead atoms. The molecule has 3 rings (SSSR count). The fourth-order valence-electron chi connectivity index (χ4n) is 3.91. The zero-order valence-corrected chi connectivity index (χ0v) is 16.5. The van der Waals surface area contributed by atoms with Gasteiger partial charge in [0.15, 0.2) is 0 Å². The number of allylic oxidation sites excluding steroid dienone is 2. The Balaban J connectivity index is 1.85. The molecule has 0 saturated carbocycles. The monoisotopic (exact) mass is 376 g/mol. The zero-order valence-electron chi connectivity index (χ0n) is 15.6. The molecule has 0 spiro atoms. The molecule has 1 aliphatic carbocycles. The second-order valence-corrected chi connectivity index (χ2v) is 8.94. The van der Waals surface area contributed by atoms with E-state index in [1.54, 1.807) is 12.1 Å². The van der Waals surface area contributed by atoms with Gasteiger partial charge in [-0.05, 0) is 55.4 Å². The van der Waals surface area contributed by atoms with Gasteiger partial charge in [-0.15, -0.1) is 0 Å². The summed E-state index contributed by atoms with van der Waals surface area (Å²) in [6.45, 7) is 5.31. The van der Waals surface area contributed by atoms with E-state index in [1.165, 1.54) is 4.31 Å². The van der Waals surface area contributed by atoms with E-state index in [0.717, 1.165) is 36.9 Å². The van der Waals surface area contributed by atoms with Crippen molar-refractivity contribution in [2.75, 3.05) is 24.5 Å². The molecule has 1 amide bonds. The first-order valence-corrected chi connectivity index (χ1v) is 11.0. The highest BCUT2D eigenvalue weighted by molar-refractivity contribution is 7.89. The maximum Gasteiger partial charge on any atom is 0.243 e. The van der Waals surface area contributed by atoms with Gasteiger partial charge in [-0.1, -0.05) is 26.0 Å². The molecular weight excluding hydrogens is 348 g/mol. The third-order valence-corrected chi connectivity index (χ3v) is 7.41. The Kier molecular flexibility index (Phi) is 5.82. The molecule has 1 aromatic rings. The van der Waals surface area contributed by atoms with E-state index in [-0.39, 0.29) is 5.91 Å². The lowest BCUT2D eigenvalue weighted by molar-refractivity contribution is -0.119. The van der Waals surface area contributed by atoms with E-state index in [1.807, 2.05) is 24.8 Å². The summed E-state index contributed by atoms with van der Waals surface area (Å²) < 4.78 is 27.0. The normalized spacial score (nSPS) is 19.8. The molecule has 0 fully saturated rings. The third kappa shape index (κ3) is 3.71. The Hall–Kier alpha value is -1.66. The Labute approximate surface area is 156 Å². The number of anilines is 1. The van der Waals surface area contributed by atoms with Crippen molar-refractivity contribution in [1.29, 1.82) is 0 Å². The summed E-state index contributed by atoms with van der Waals surface area (Å²) in [7, 11) is -3.47. The first kappa shape index (κ1) is 19.1. The molecule has 0 aromatic heterocycles. The maximum atomic E-state index is 12.8. The molecule has 0 N–H and O–H groups in total. The average molecular weight is 377 g/mol. The van der Waals surface area contributed by atoms with Crippen LogP contribution in [0.5, 0.6) is 0 Å². The van der Waals surface area contributed by atoms with Gasteiger partial charge in [0.2, 0.25) is 15.9 Å². The molecule has 1 unspecified atom stereocenters. The fourth-order valence-corrected chi connectivity index (χ4v) is 5.41. The number of fused-ring (bicyclic) bond motifs is 1. The summed E-state index contributed by atoms with van der Waals surface area (Å²) in [6, 6.07) is 5.22. The zero-order chi connectivity index (χ0) is 18.7. The van der Waals surface area contributed by atoms with Crippen LogP contribution in [0.25, 0.3) is 0 Å². The number of amides is 1. The molecule has 1 aromatic carbocycles. The van der Waals surface area contributed by atoms with Crippen LogP contribution in [-0.4, -0.2) is 38.3 Å². The van der Waals surface area contributed by atoms with Crippen molar-refractivity contribution < 1.29 is 13.2 Å². The lowest BCUT2D eigenvalue weighted by Crippen LogP contribution is -2.36. The van der Waals surface area contributed by atoms with Crippen LogP contribution in [0.15, 0.2) is 35.2 Å². The smallest absolute Gasteiger partial charge is 0.243 e. The lowest BCUT2D eigenvalue weighted by Gasteiger charge is -2.31. The molecule has 1 atom stereocenters. The van der Waals surface area contributed by atoms with Gasteiger partial charge in [0.05, 0.1) is 4.90 Å². The topological polar surface area (TPSA) is 57.7 Å². The second kappa shape index (κ2) is 7.92. The maximum absolute atomic E-state index is 12.8. The van der Waals surface area contributed by atoms with Crippen molar-refractivity contribution in [1.82, 2.24) is 4.31 Å². The first-order valence-electron chi connectivity index (χ1n) is 9.57. The minimum absolute atomic E-state index is 0.141. The van der Waals surface area contributed by atoms with Crippen molar-refractivity contribution in [3.63, 3.8) is 0 Å². The van der Waals surface area contributed by atoms with Gasteiger partial charge in [-0.2, -0.15) is 4.31 Å². The minimum atomic E-state index is -3.47. The van der Waals surface area contributed by atoms with Crippen LogP contribution in [0.1, 0.15) is 45.1 Å².